The van der Waals surface area contributed by atoms with Crippen LogP contribution in [0.2, 0.25) is 0 Å². The Balaban J connectivity index is 2.83. The number of rotatable bonds is 2. The summed E-state index contributed by atoms with van der Waals surface area (Å²) in [5, 5.41) is 13.4. The van der Waals surface area contributed by atoms with Crippen molar-refractivity contribution < 1.29 is 5.21 Å². The Hall–Kier alpha value is -1.94. The fourth-order valence-electron chi connectivity index (χ4n) is 1.45. The quantitative estimate of drug-likeness (QED) is 0.562. The Kier molecular flexibility index (Phi) is 2.12. The molecular formula is C10H8N2O2. The van der Waals surface area contributed by atoms with E-state index >= 15 is 0 Å². The second kappa shape index (κ2) is 3.43. The minimum Gasteiger partial charge on any atom is -0.291 e. The number of hydrogen-bond donors (Lipinski definition) is 2. The van der Waals surface area contributed by atoms with Crippen LogP contribution >= 0.6 is 0 Å². The van der Waals surface area contributed by atoms with E-state index in [1.54, 1.807) is 12.1 Å². The zero-order valence-electron chi connectivity index (χ0n) is 7.27. The zero-order chi connectivity index (χ0) is 9.97. The summed E-state index contributed by atoms with van der Waals surface area (Å²) in [6.45, 7) is 0. The molecule has 14 heavy (non-hydrogen) atoms. The van der Waals surface area contributed by atoms with E-state index in [-0.39, 0.29) is 5.69 Å². The van der Waals surface area contributed by atoms with Crippen molar-refractivity contribution in [2.45, 2.75) is 0 Å². The summed E-state index contributed by atoms with van der Waals surface area (Å²) in [7, 11) is 0. The molecule has 0 aliphatic rings. The first-order valence-electron chi connectivity index (χ1n) is 4.12. The van der Waals surface area contributed by atoms with Crippen molar-refractivity contribution in [3.05, 3.63) is 41.3 Å². The van der Waals surface area contributed by atoms with Crippen LogP contribution in [0.3, 0.4) is 0 Å². The number of benzene rings is 2. The van der Waals surface area contributed by atoms with Crippen molar-refractivity contribution in [3.8, 4) is 0 Å². The van der Waals surface area contributed by atoms with Gasteiger partial charge in [-0.15, -0.1) is 4.91 Å². The molecular weight excluding hydrogens is 180 g/mol. The molecule has 0 bridgehead atoms. The molecule has 2 rings (SSSR count). The van der Waals surface area contributed by atoms with Crippen LogP contribution in [0.4, 0.5) is 11.4 Å². The normalized spacial score (nSPS) is 10.1. The standard InChI is InChI=1S/C10H8N2O2/c13-11-9-6-5-7-3-1-2-4-8(7)10(9)12-14/h1-6,12,14H. The summed E-state index contributed by atoms with van der Waals surface area (Å²) < 4.78 is 0. The predicted octanol–water partition coefficient (Wildman–Crippen LogP) is 3.04. The van der Waals surface area contributed by atoms with Gasteiger partial charge in [-0.25, -0.2) is 0 Å². The monoisotopic (exact) mass is 188 g/mol. The van der Waals surface area contributed by atoms with Gasteiger partial charge in [0.2, 0.25) is 0 Å². The number of nitrogens with zero attached hydrogens (tertiary/aromatic N) is 1. The molecule has 70 valence electrons. The van der Waals surface area contributed by atoms with E-state index in [2.05, 4.69) is 5.18 Å². The topological polar surface area (TPSA) is 61.7 Å². The van der Waals surface area contributed by atoms with Gasteiger partial charge in [-0.1, -0.05) is 30.3 Å². The highest BCUT2D eigenvalue weighted by Crippen LogP contribution is 2.32. The molecule has 0 amide bonds. The molecule has 2 aromatic carbocycles. The molecule has 4 heteroatoms. The van der Waals surface area contributed by atoms with Crippen LogP contribution in [0.5, 0.6) is 0 Å². The van der Waals surface area contributed by atoms with Crippen LogP contribution in [0, 0.1) is 4.91 Å². The fourth-order valence-corrected chi connectivity index (χ4v) is 1.45. The first-order chi connectivity index (χ1) is 6.86. The molecule has 0 heterocycles. The molecule has 0 aliphatic heterocycles. The lowest BCUT2D eigenvalue weighted by Crippen LogP contribution is -1.90. The molecule has 0 spiro atoms. The molecule has 0 aromatic heterocycles. The number of hydrogen-bond acceptors (Lipinski definition) is 4. The second-order valence-corrected chi connectivity index (χ2v) is 2.88. The number of nitroso groups, excluding NO2 is 1. The van der Waals surface area contributed by atoms with E-state index in [1.807, 2.05) is 29.7 Å². The summed E-state index contributed by atoms with van der Waals surface area (Å²) in [6.07, 6.45) is 0. The number of nitrogens with one attached hydrogen (secondary N) is 1. The Morgan fingerprint density at radius 1 is 1.14 bits per heavy atom. The van der Waals surface area contributed by atoms with Gasteiger partial charge in [0.25, 0.3) is 0 Å². The van der Waals surface area contributed by atoms with Gasteiger partial charge in [0.15, 0.2) is 0 Å². The van der Waals surface area contributed by atoms with Crippen molar-refractivity contribution >= 4 is 22.1 Å². The lowest BCUT2D eigenvalue weighted by Gasteiger charge is -2.05. The van der Waals surface area contributed by atoms with Crippen LogP contribution < -0.4 is 5.48 Å². The number of anilines is 1. The SMILES string of the molecule is O=Nc1ccc2ccccc2c1NO. The van der Waals surface area contributed by atoms with Crippen molar-refractivity contribution in [1.29, 1.82) is 0 Å². The third kappa shape index (κ3) is 1.22. The Morgan fingerprint density at radius 3 is 2.64 bits per heavy atom. The second-order valence-electron chi connectivity index (χ2n) is 2.88. The van der Waals surface area contributed by atoms with E-state index in [4.69, 9.17) is 5.21 Å². The molecule has 2 N–H and O–H groups in total. The van der Waals surface area contributed by atoms with Gasteiger partial charge in [0.05, 0.1) is 5.69 Å². The Labute approximate surface area is 80.1 Å². The Morgan fingerprint density at radius 2 is 1.93 bits per heavy atom. The molecule has 4 nitrogen and oxygen atoms in total. The minimum atomic E-state index is 0.200. The summed E-state index contributed by atoms with van der Waals surface area (Å²) in [5.41, 5.74) is 2.54. The lowest BCUT2D eigenvalue weighted by atomic mass is 10.1. The predicted molar refractivity (Wildman–Crippen MR) is 54.8 cm³/mol. The van der Waals surface area contributed by atoms with Crippen LogP contribution in [0.15, 0.2) is 41.6 Å². The first kappa shape index (κ1) is 8.65. The summed E-state index contributed by atoms with van der Waals surface area (Å²) in [6, 6.07) is 10.8. The summed E-state index contributed by atoms with van der Waals surface area (Å²) in [5.74, 6) is 0. The van der Waals surface area contributed by atoms with Crippen molar-refractivity contribution in [3.63, 3.8) is 0 Å². The molecule has 0 fully saturated rings. The third-order valence-electron chi connectivity index (χ3n) is 2.12. The number of fused-ring (bicyclic) bond motifs is 1. The summed E-state index contributed by atoms with van der Waals surface area (Å²) in [4.78, 5) is 10.4. The molecule has 0 atom stereocenters. The highest BCUT2D eigenvalue weighted by molar-refractivity contribution is 5.98. The lowest BCUT2D eigenvalue weighted by molar-refractivity contribution is 0.390. The molecule has 0 aliphatic carbocycles. The van der Waals surface area contributed by atoms with Crippen LogP contribution in [0.1, 0.15) is 0 Å². The van der Waals surface area contributed by atoms with Gasteiger partial charge in [-0.05, 0) is 16.6 Å². The zero-order valence-corrected chi connectivity index (χ0v) is 7.27. The smallest absolute Gasteiger partial charge is 0.134 e. The van der Waals surface area contributed by atoms with Crippen molar-refractivity contribution in [1.82, 2.24) is 0 Å². The first-order valence-corrected chi connectivity index (χ1v) is 4.12. The van der Waals surface area contributed by atoms with Crippen LogP contribution in [0.25, 0.3) is 10.8 Å². The van der Waals surface area contributed by atoms with E-state index in [1.165, 1.54) is 0 Å². The third-order valence-corrected chi connectivity index (χ3v) is 2.12. The van der Waals surface area contributed by atoms with Gasteiger partial charge in [-0.3, -0.25) is 10.7 Å². The molecule has 0 saturated carbocycles. The maximum absolute atomic E-state index is 10.4. The van der Waals surface area contributed by atoms with Crippen molar-refractivity contribution in [2.75, 3.05) is 5.48 Å². The molecule has 0 unspecified atom stereocenters. The van der Waals surface area contributed by atoms with Gasteiger partial charge in [-0.2, -0.15) is 0 Å². The van der Waals surface area contributed by atoms with E-state index < -0.39 is 0 Å². The molecule has 2 aromatic rings. The van der Waals surface area contributed by atoms with Crippen molar-refractivity contribution in [2.24, 2.45) is 5.18 Å². The van der Waals surface area contributed by atoms with Gasteiger partial charge in [0.1, 0.15) is 5.69 Å². The largest absolute Gasteiger partial charge is 0.291 e. The maximum Gasteiger partial charge on any atom is 0.134 e. The van der Waals surface area contributed by atoms with Gasteiger partial charge in [0, 0.05) is 5.39 Å². The van der Waals surface area contributed by atoms with Crippen LogP contribution in [-0.2, 0) is 0 Å². The van der Waals surface area contributed by atoms with E-state index in [0.29, 0.717) is 5.69 Å². The van der Waals surface area contributed by atoms with Crippen LogP contribution in [-0.4, -0.2) is 5.21 Å². The fraction of sp³-hybridized carbons (Fsp3) is 0. The highest BCUT2D eigenvalue weighted by atomic mass is 16.5. The van der Waals surface area contributed by atoms with E-state index in [9.17, 15) is 4.91 Å². The Bertz CT molecular complexity index is 483. The average Bonchev–Trinajstić information content (AvgIpc) is 2.27. The average molecular weight is 188 g/mol. The van der Waals surface area contributed by atoms with Gasteiger partial charge >= 0.3 is 0 Å². The highest BCUT2D eigenvalue weighted by Gasteiger charge is 2.06. The van der Waals surface area contributed by atoms with E-state index in [0.717, 1.165) is 10.8 Å². The summed E-state index contributed by atoms with van der Waals surface area (Å²) >= 11 is 0. The maximum atomic E-state index is 10.4. The molecule has 0 radical (unpaired) electrons. The minimum absolute atomic E-state index is 0.200. The van der Waals surface area contributed by atoms with Gasteiger partial charge < -0.3 is 0 Å². The molecule has 0 saturated heterocycles.